The predicted molar refractivity (Wildman–Crippen MR) is 46.0 cm³/mol. The molecule has 0 unspecified atom stereocenters. The van der Waals surface area contributed by atoms with Crippen LogP contribution >= 0.6 is 25.0 Å². The van der Waals surface area contributed by atoms with Gasteiger partial charge in [-0.05, 0) is 0 Å². The fraction of sp³-hybridized carbons (Fsp3) is 0.143. The molecule has 0 fully saturated rings. The molecule has 3 heteroatoms. The first kappa shape index (κ1) is 10.5. The van der Waals surface area contributed by atoms with Gasteiger partial charge in [-0.1, -0.05) is 12.5 Å². The minimum absolute atomic E-state index is 0.980. The summed E-state index contributed by atoms with van der Waals surface area (Å²) >= 11 is 5.90. The molecule has 10 heavy (non-hydrogen) atoms. The van der Waals surface area contributed by atoms with Crippen LogP contribution in [0.5, 0.6) is 0 Å². The van der Waals surface area contributed by atoms with Gasteiger partial charge < -0.3 is 11.3 Å². The Morgan fingerprint density at radius 3 is 2.90 bits per heavy atom. The second kappa shape index (κ2) is 7.65. The van der Waals surface area contributed by atoms with Gasteiger partial charge in [0.15, 0.2) is 0 Å². The summed E-state index contributed by atoms with van der Waals surface area (Å²) in [5.41, 5.74) is 0. The first-order valence-corrected chi connectivity index (χ1v) is 10.5. The van der Waals surface area contributed by atoms with Crippen molar-refractivity contribution in [1.29, 1.82) is 0 Å². The fourth-order valence-corrected chi connectivity index (χ4v) is 1.15. The Morgan fingerprint density at radius 1 is 1.80 bits per heavy atom. The van der Waals surface area contributed by atoms with Gasteiger partial charge in [-0.25, -0.2) is 6.07 Å². The van der Waals surface area contributed by atoms with Crippen LogP contribution in [0.15, 0.2) is 24.8 Å². The van der Waals surface area contributed by atoms with Crippen LogP contribution in [0.2, 0.25) is 0 Å². The summed E-state index contributed by atoms with van der Waals surface area (Å²) in [5, 5.41) is 3.01. The molecule has 0 amide bonds. The molecule has 1 aromatic rings. The summed E-state index contributed by atoms with van der Waals surface area (Å²) in [5.74, 6) is 0. The van der Waals surface area contributed by atoms with Crippen LogP contribution in [0.25, 0.3) is 0 Å². The quantitative estimate of drug-likeness (QED) is 0.439. The van der Waals surface area contributed by atoms with E-state index in [4.69, 9.17) is 0 Å². The zero-order valence-electron chi connectivity index (χ0n) is 5.64. The van der Waals surface area contributed by atoms with E-state index in [1.165, 1.54) is 21.2 Å². The molecule has 0 saturated heterocycles. The maximum absolute atomic E-state index is 3.63. The zero-order valence-corrected chi connectivity index (χ0v) is 11.0. The summed E-state index contributed by atoms with van der Waals surface area (Å²) in [6.07, 6.45) is 2.88. The van der Waals surface area contributed by atoms with E-state index in [0.29, 0.717) is 0 Å². The van der Waals surface area contributed by atoms with Crippen LogP contribution in [-0.2, 0) is 22.8 Å². The van der Waals surface area contributed by atoms with E-state index >= 15 is 0 Å². The second-order valence-corrected chi connectivity index (χ2v) is 2.48. The Kier molecular flexibility index (Phi) is 8.06. The van der Waals surface area contributed by atoms with Crippen molar-refractivity contribution >= 4 is 25.0 Å². The molecule has 0 spiro atoms. The van der Waals surface area contributed by atoms with Crippen molar-refractivity contribution in [2.24, 2.45) is 0 Å². The van der Waals surface area contributed by atoms with Crippen molar-refractivity contribution in [1.82, 2.24) is 0 Å². The standard InChI is InChI=1S/C7H7S.BrH.Zn/c1-2-4-7-5-3-6-8-7;;/h2-3,5H,1,4H2;1H;/q-1;;+2/p-1. The summed E-state index contributed by atoms with van der Waals surface area (Å²) in [6, 6.07) is 4.00. The van der Waals surface area contributed by atoms with Crippen molar-refractivity contribution in [3.63, 3.8) is 0 Å². The van der Waals surface area contributed by atoms with Crippen LogP contribution in [0.3, 0.4) is 0 Å². The molecule has 0 aliphatic carbocycles. The van der Waals surface area contributed by atoms with Crippen LogP contribution < -0.4 is 0 Å². The minimum atomic E-state index is 0.980. The van der Waals surface area contributed by atoms with Crippen LogP contribution in [0.4, 0.5) is 0 Å². The normalized spacial score (nSPS) is 7.90. The fourth-order valence-electron chi connectivity index (χ4n) is 0.523. The third-order valence-electron chi connectivity index (χ3n) is 0.873. The molecule has 1 heterocycles. The molecule has 1 aromatic heterocycles. The molecule has 0 aliphatic heterocycles. The van der Waals surface area contributed by atoms with Crippen LogP contribution in [-0.4, -0.2) is 0 Å². The first-order chi connectivity index (χ1) is 4.93. The van der Waals surface area contributed by atoms with E-state index in [1.54, 1.807) is 11.3 Å². The average molecular weight is 268 g/mol. The molecule has 0 aromatic carbocycles. The molecular weight excluding hydrogens is 261 g/mol. The summed E-state index contributed by atoms with van der Waals surface area (Å²) in [4.78, 5) is 1.33. The van der Waals surface area contributed by atoms with Crippen molar-refractivity contribution in [3.05, 3.63) is 35.0 Å². The second-order valence-electron chi connectivity index (χ2n) is 1.51. The Bertz CT molecular complexity index is 160. The van der Waals surface area contributed by atoms with Gasteiger partial charge in [-0.15, -0.1) is 16.8 Å². The average Bonchev–Trinajstić information content (AvgIpc) is 2.46. The maximum atomic E-state index is 3.63. The molecule has 0 nitrogen and oxygen atoms in total. The van der Waals surface area contributed by atoms with Gasteiger partial charge in [-0.3, -0.25) is 0 Å². The number of halogens is 1. The van der Waals surface area contributed by atoms with Gasteiger partial charge in [0.25, 0.3) is 0 Å². The molecule has 1 rings (SSSR count). The van der Waals surface area contributed by atoms with E-state index in [9.17, 15) is 0 Å². The van der Waals surface area contributed by atoms with E-state index in [2.05, 4.69) is 31.6 Å². The molecule has 50 valence electrons. The predicted octanol–water partition coefficient (Wildman–Crippen LogP) is 3.12. The molecule has 0 aliphatic rings. The molecular formula is C7H7BrSZn. The van der Waals surface area contributed by atoms with Gasteiger partial charge in [-0.2, -0.15) is 6.07 Å². The summed E-state index contributed by atoms with van der Waals surface area (Å²) in [6.45, 7) is 3.63. The molecule has 0 saturated carbocycles. The van der Waals surface area contributed by atoms with E-state index < -0.39 is 0 Å². The third kappa shape index (κ3) is 4.37. The zero-order chi connectivity index (χ0) is 7.82. The van der Waals surface area contributed by atoms with Crippen molar-refractivity contribution in [3.8, 4) is 0 Å². The number of hydrogen-bond donors (Lipinski definition) is 0. The van der Waals surface area contributed by atoms with Crippen molar-refractivity contribution in [2.45, 2.75) is 6.42 Å². The Labute approximate surface area is 82.4 Å². The SMILES string of the molecule is C=CCc1cc[c-]s1.[Zn+][Br]. The number of thiophene rings is 1. The Balaban J connectivity index is 0.000000371. The van der Waals surface area contributed by atoms with Gasteiger partial charge in [0, 0.05) is 0 Å². The Hall–Kier alpha value is 0.543. The first-order valence-electron chi connectivity index (χ1n) is 2.76. The van der Waals surface area contributed by atoms with E-state index in [0.717, 1.165) is 6.42 Å². The van der Waals surface area contributed by atoms with Gasteiger partial charge in [0.2, 0.25) is 0 Å². The molecule has 0 atom stereocenters. The van der Waals surface area contributed by atoms with Crippen LogP contribution in [0, 0.1) is 5.38 Å². The molecule has 0 radical (unpaired) electrons. The number of rotatable bonds is 2. The van der Waals surface area contributed by atoms with Gasteiger partial charge >= 0.3 is 30.0 Å². The number of hydrogen-bond acceptors (Lipinski definition) is 1. The number of allylic oxidation sites excluding steroid dienone is 1. The van der Waals surface area contributed by atoms with Crippen molar-refractivity contribution < 1.29 is 16.3 Å². The van der Waals surface area contributed by atoms with E-state index in [-0.39, 0.29) is 0 Å². The third-order valence-corrected chi connectivity index (χ3v) is 1.69. The van der Waals surface area contributed by atoms with E-state index in [1.807, 2.05) is 12.1 Å². The van der Waals surface area contributed by atoms with Gasteiger partial charge in [0.05, 0.1) is 0 Å². The Morgan fingerprint density at radius 2 is 2.50 bits per heavy atom. The topological polar surface area (TPSA) is 0 Å². The molecule has 0 N–H and O–H groups in total. The summed E-state index contributed by atoms with van der Waals surface area (Å²) < 4.78 is 0. The van der Waals surface area contributed by atoms with Gasteiger partial charge in [0.1, 0.15) is 0 Å². The van der Waals surface area contributed by atoms with Crippen molar-refractivity contribution in [2.75, 3.05) is 0 Å². The summed E-state index contributed by atoms with van der Waals surface area (Å²) in [7, 11) is 0. The monoisotopic (exact) mass is 266 g/mol. The molecule has 0 bridgehead atoms. The van der Waals surface area contributed by atoms with Crippen LogP contribution in [0.1, 0.15) is 4.88 Å².